The van der Waals surface area contributed by atoms with Crippen LogP contribution in [0, 0.1) is 0 Å². The molecule has 3 aromatic rings. The first kappa shape index (κ1) is 18.3. The number of nitrogens with one attached hydrogen (secondary N) is 2. The van der Waals surface area contributed by atoms with E-state index in [0.29, 0.717) is 5.69 Å². The van der Waals surface area contributed by atoms with Crippen molar-refractivity contribution in [2.45, 2.75) is 5.92 Å². The molecule has 27 heavy (non-hydrogen) atoms. The number of rotatable bonds is 6. The summed E-state index contributed by atoms with van der Waals surface area (Å²) in [4.78, 5) is 30.2. The first-order chi connectivity index (χ1) is 13.1. The Morgan fingerprint density at radius 3 is 2.19 bits per heavy atom. The maximum atomic E-state index is 11.9. The molecule has 0 aliphatic rings. The predicted octanol–water partition coefficient (Wildman–Crippen LogP) is 3.25. The normalized spacial score (nSPS) is 11.5. The van der Waals surface area contributed by atoms with E-state index < -0.39 is 11.9 Å². The van der Waals surface area contributed by atoms with E-state index in [1.165, 1.54) is 20.3 Å². The van der Waals surface area contributed by atoms with Gasteiger partial charge in [0, 0.05) is 23.3 Å². The van der Waals surface area contributed by atoms with E-state index in [0.717, 1.165) is 17.0 Å². The SMILES string of the molecule is COC(=O)C(=Cc1ccc(C(c2ccccc2)c2ccc[nH]2)[nH]1)C(=O)OC. The first-order valence-electron chi connectivity index (χ1n) is 8.39. The average Bonchev–Trinajstić information content (AvgIpc) is 3.39. The van der Waals surface area contributed by atoms with Gasteiger partial charge in [-0.25, -0.2) is 9.59 Å². The third-order valence-electron chi connectivity index (χ3n) is 4.22. The van der Waals surface area contributed by atoms with Gasteiger partial charge in [0.15, 0.2) is 0 Å². The molecule has 0 amide bonds. The van der Waals surface area contributed by atoms with Crippen LogP contribution in [0.3, 0.4) is 0 Å². The number of ether oxygens (including phenoxy) is 2. The summed E-state index contributed by atoms with van der Waals surface area (Å²) in [7, 11) is 2.44. The highest BCUT2D eigenvalue weighted by Crippen LogP contribution is 2.30. The molecule has 0 bridgehead atoms. The number of hydrogen-bond donors (Lipinski definition) is 2. The Morgan fingerprint density at radius 1 is 0.889 bits per heavy atom. The number of H-pyrrole nitrogens is 2. The predicted molar refractivity (Wildman–Crippen MR) is 101 cm³/mol. The lowest BCUT2D eigenvalue weighted by atomic mass is 9.93. The van der Waals surface area contributed by atoms with Gasteiger partial charge in [0.2, 0.25) is 0 Å². The number of benzene rings is 1. The van der Waals surface area contributed by atoms with Crippen molar-refractivity contribution in [3.05, 3.63) is 89.0 Å². The largest absolute Gasteiger partial charge is 0.465 e. The van der Waals surface area contributed by atoms with Crippen molar-refractivity contribution in [2.75, 3.05) is 14.2 Å². The van der Waals surface area contributed by atoms with Gasteiger partial charge in [-0.3, -0.25) is 0 Å². The van der Waals surface area contributed by atoms with E-state index in [-0.39, 0.29) is 11.5 Å². The molecule has 0 saturated heterocycles. The van der Waals surface area contributed by atoms with Gasteiger partial charge >= 0.3 is 11.9 Å². The summed E-state index contributed by atoms with van der Waals surface area (Å²) in [5.74, 6) is -1.54. The minimum absolute atomic E-state index is 0.0388. The van der Waals surface area contributed by atoms with E-state index in [9.17, 15) is 9.59 Å². The first-order valence-corrected chi connectivity index (χ1v) is 8.39. The lowest BCUT2D eigenvalue weighted by Gasteiger charge is -2.15. The van der Waals surface area contributed by atoms with Gasteiger partial charge in [-0.1, -0.05) is 30.3 Å². The molecular formula is C21H20N2O4. The molecule has 2 heterocycles. The highest BCUT2D eigenvalue weighted by atomic mass is 16.5. The smallest absolute Gasteiger partial charge is 0.345 e. The summed E-state index contributed by atoms with van der Waals surface area (Å²) in [5, 5.41) is 0. The van der Waals surface area contributed by atoms with Crippen LogP contribution in [0.1, 0.15) is 28.6 Å². The summed E-state index contributed by atoms with van der Waals surface area (Å²) in [6, 6.07) is 17.7. The van der Waals surface area contributed by atoms with Crippen molar-refractivity contribution in [1.29, 1.82) is 0 Å². The minimum atomic E-state index is -0.748. The number of esters is 2. The van der Waals surface area contributed by atoms with Crippen molar-refractivity contribution >= 4 is 18.0 Å². The summed E-state index contributed by atoms with van der Waals surface area (Å²) < 4.78 is 9.33. The quantitative estimate of drug-likeness (QED) is 0.304. The van der Waals surface area contributed by atoms with Crippen LogP contribution in [0.4, 0.5) is 0 Å². The van der Waals surface area contributed by atoms with Crippen LogP contribution >= 0.6 is 0 Å². The molecule has 1 unspecified atom stereocenters. The Kier molecular flexibility index (Phi) is 5.56. The molecule has 0 aliphatic carbocycles. The molecule has 0 radical (unpaired) electrons. The standard InChI is InChI=1S/C21H20N2O4/c1-26-20(24)16(21(25)27-2)13-15-10-11-18(23-15)19(17-9-6-12-22-17)14-7-4-3-5-8-14/h3-13,19,22-23H,1-2H3. The Bertz CT molecular complexity index is 922. The Morgan fingerprint density at radius 2 is 1.59 bits per heavy atom. The molecule has 1 aromatic carbocycles. The summed E-state index contributed by atoms with van der Waals surface area (Å²) in [6.45, 7) is 0. The van der Waals surface area contributed by atoms with E-state index in [4.69, 9.17) is 0 Å². The van der Waals surface area contributed by atoms with Crippen LogP contribution in [0.15, 0.2) is 66.4 Å². The van der Waals surface area contributed by atoms with Crippen molar-refractivity contribution < 1.29 is 19.1 Å². The van der Waals surface area contributed by atoms with E-state index in [2.05, 4.69) is 31.6 Å². The molecule has 2 aromatic heterocycles. The van der Waals surface area contributed by atoms with Gasteiger partial charge in [-0.15, -0.1) is 0 Å². The van der Waals surface area contributed by atoms with E-state index >= 15 is 0 Å². The minimum Gasteiger partial charge on any atom is -0.465 e. The lowest BCUT2D eigenvalue weighted by Crippen LogP contribution is -2.15. The maximum Gasteiger partial charge on any atom is 0.345 e. The van der Waals surface area contributed by atoms with Gasteiger partial charge in [-0.05, 0) is 35.9 Å². The second-order valence-electron chi connectivity index (χ2n) is 5.88. The van der Waals surface area contributed by atoms with Gasteiger partial charge in [0.1, 0.15) is 5.57 Å². The van der Waals surface area contributed by atoms with Crippen LogP contribution in [-0.2, 0) is 19.1 Å². The molecule has 138 valence electrons. The van der Waals surface area contributed by atoms with Crippen molar-refractivity contribution in [3.63, 3.8) is 0 Å². The van der Waals surface area contributed by atoms with Crippen LogP contribution in [0.5, 0.6) is 0 Å². The Hall–Kier alpha value is -3.54. The van der Waals surface area contributed by atoms with E-state index in [1.54, 1.807) is 6.07 Å². The fraction of sp³-hybridized carbons (Fsp3) is 0.143. The molecule has 6 heteroatoms. The molecule has 1 atom stereocenters. The summed E-state index contributed by atoms with van der Waals surface area (Å²) in [6.07, 6.45) is 3.31. The Labute approximate surface area is 156 Å². The number of carbonyl (C=O) groups is 2. The van der Waals surface area contributed by atoms with Gasteiger partial charge < -0.3 is 19.4 Å². The zero-order valence-corrected chi connectivity index (χ0v) is 15.1. The molecule has 0 saturated carbocycles. The van der Waals surface area contributed by atoms with Crippen molar-refractivity contribution in [3.8, 4) is 0 Å². The molecule has 2 N–H and O–H groups in total. The van der Waals surface area contributed by atoms with Crippen LogP contribution in [-0.4, -0.2) is 36.1 Å². The van der Waals surface area contributed by atoms with E-state index in [1.807, 2.05) is 42.6 Å². The number of hydrogen-bond acceptors (Lipinski definition) is 4. The lowest BCUT2D eigenvalue weighted by molar-refractivity contribution is -0.143. The second-order valence-corrected chi connectivity index (χ2v) is 5.88. The van der Waals surface area contributed by atoms with Gasteiger partial charge in [0.05, 0.1) is 20.1 Å². The number of methoxy groups -OCH3 is 2. The van der Waals surface area contributed by atoms with Gasteiger partial charge in [0.25, 0.3) is 0 Å². The van der Waals surface area contributed by atoms with Gasteiger partial charge in [-0.2, -0.15) is 0 Å². The van der Waals surface area contributed by atoms with Crippen molar-refractivity contribution in [1.82, 2.24) is 9.97 Å². The van der Waals surface area contributed by atoms with Crippen LogP contribution < -0.4 is 0 Å². The Balaban J connectivity index is 2.00. The summed E-state index contributed by atoms with van der Waals surface area (Å²) >= 11 is 0. The monoisotopic (exact) mass is 364 g/mol. The highest BCUT2D eigenvalue weighted by Gasteiger charge is 2.22. The number of carbonyl (C=O) groups excluding carboxylic acids is 2. The molecule has 3 rings (SSSR count). The average molecular weight is 364 g/mol. The number of aromatic nitrogens is 2. The molecule has 0 aliphatic heterocycles. The topological polar surface area (TPSA) is 84.2 Å². The third kappa shape index (κ3) is 4.00. The number of aromatic amines is 2. The van der Waals surface area contributed by atoms with Crippen molar-refractivity contribution in [2.24, 2.45) is 0 Å². The molecular weight excluding hydrogens is 344 g/mol. The molecule has 0 spiro atoms. The fourth-order valence-electron chi connectivity index (χ4n) is 2.95. The highest BCUT2D eigenvalue weighted by molar-refractivity contribution is 6.17. The zero-order chi connectivity index (χ0) is 19.2. The van der Waals surface area contributed by atoms with Crippen LogP contribution in [0.2, 0.25) is 0 Å². The van der Waals surface area contributed by atoms with Crippen LogP contribution in [0.25, 0.3) is 6.08 Å². The zero-order valence-electron chi connectivity index (χ0n) is 15.1. The molecule has 0 fully saturated rings. The third-order valence-corrected chi connectivity index (χ3v) is 4.22. The fourth-order valence-corrected chi connectivity index (χ4v) is 2.95. The summed E-state index contributed by atoms with van der Waals surface area (Å²) in [5.41, 5.74) is 3.48. The second kappa shape index (κ2) is 8.23. The maximum absolute atomic E-state index is 11.9. The molecule has 6 nitrogen and oxygen atoms in total.